The summed E-state index contributed by atoms with van der Waals surface area (Å²) in [6.45, 7) is 4.29. The van der Waals surface area contributed by atoms with Gasteiger partial charge in [0.05, 0.1) is 37.4 Å². The highest BCUT2D eigenvalue weighted by atomic mass is 35.5. The van der Waals surface area contributed by atoms with Crippen molar-refractivity contribution in [2.24, 2.45) is 19.8 Å². The Morgan fingerprint density at radius 2 is 1.95 bits per heavy atom. The average molecular weight is 622 g/mol. The smallest absolute Gasteiger partial charge is 0.417 e. The first-order valence-corrected chi connectivity index (χ1v) is 13.3. The lowest BCUT2D eigenvalue weighted by Gasteiger charge is -2.26. The van der Waals surface area contributed by atoms with Gasteiger partial charge in [-0.1, -0.05) is 11.6 Å². The molecule has 0 unspecified atom stereocenters. The Morgan fingerprint density at radius 1 is 1.19 bits per heavy atom. The zero-order valence-electron chi connectivity index (χ0n) is 23.1. The molecule has 43 heavy (non-hydrogen) atoms. The molecular weight excluding hydrogens is 595 g/mol. The monoisotopic (exact) mass is 621 g/mol. The normalized spacial score (nSPS) is 14.7. The number of fused-ring (bicyclic) bond motifs is 1. The molecule has 228 valence electrons. The van der Waals surface area contributed by atoms with Crippen molar-refractivity contribution in [3.63, 3.8) is 0 Å². The average Bonchev–Trinajstić information content (AvgIpc) is 3.30. The molecule has 3 N–H and O–H groups in total. The highest BCUT2D eigenvalue weighted by molar-refractivity contribution is 6.36. The van der Waals surface area contributed by atoms with Gasteiger partial charge in [-0.25, -0.2) is 15.0 Å². The molecule has 1 saturated heterocycles. The maximum absolute atomic E-state index is 13.3. The van der Waals surface area contributed by atoms with Crippen LogP contribution in [0.15, 0.2) is 41.8 Å². The van der Waals surface area contributed by atoms with Crippen LogP contribution in [0.4, 0.5) is 24.8 Å². The highest BCUT2D eigenvalue weighted by Crippen LogP contribution is 2.35. The summed E-state index contributed by atoms with van der Waals surface area (Å²) < 4.78 is 59.1. The number of hydrogen-bond acceptors (Lipinski definition) is 11. The molecule has 0 aromatic carbocycles. The SMILES string of the molecule is Cn1cc(C(F)(F)F)cc(Nc2nc3ncc(OC(=CN)c4cnc(OCCN5CCOCC5)cn4)c(Cl)c3n2C)c1=O. The number of anilines is 2. The molecule has 1 aliphatic rings. The van der Waals surface area contributed by atoms with E-state index in [4.69, 9.17) is 31.5 Å². The van der Waals surface area contributed by atoms with Crippen LogP contribution in [-0.4, -0.2) is 73.4 Å². The Bertz CT molecular complexity index is 1700. The molecule has 5 heterocycles. The first-order chi connectivity index (χ1) is 20.5. The number of aryl methyl sites for hydroxylation is 2. The van der Waals surface area contributed by atoms with Crippen LogP contribution in [0.2, 0.25) is 5.02 Å². The fourth-order valence-electron chi connectivity index (χ4n) is 4.28. The lowest BCUT2D eigenvalue weighted by atomic mass is 10.2. The van der Waals surface area contributed by atoms with E-state index in [2.05, 4.69) is 30.2 Å². The number of morpholine rings is 1. The number of nitrogens with two attached hydrogens (primary N) is 1. The third-order valence-electron chi connectivity index (χ3n) is 6.58. The number of imidazole rings is 1. The fraction of sp³-hybridized carbons (Fsp3) is 0.346. The topological polar surface area (TPSA) is 147 Å². The third kappa shape index (κ3) is 6.65. The third-order valence-corrected chi connectivity index (χ3v) is 6.94. The Hall–Kier alpha value is -4.41. The lowest BCUT2D eigenvalue weighted by molar-refractivity contribution is -0.138. The molecule has 1 aliphatic heterocycles. The van der Waals surface area contributed by atoms with Crippen molar-refractivity contribution in [3.8, 4) is 11.6 Å². The van der Waals surface area contributed by atoms with Gasteiger partial charge < -0.3 is 34.4 Å². The summed E-state index contributed by atoms with van der Waals surface area (Å²) in [6, 6.07) is 0.713. The Morgan fingerprint density at radius 3 is 2.63 bits per heavy atom. The number of pyridine rings is 2. The molecule has 0 amide bonds. The molecule has 0 saturated carbocycles. The van der Waals surface area contributed by atoms with E-state index >= 15 is 0 Å². The van der Waals surface area contributed by atoms with Gasteiger partial charge in [-0.2, -0.15) is 18.2 Å². The van der Waals surface area contributed by atoms with E-state index in [1.807, 2.05) is 0 Å². The Kier molecular flexibility index (Phi) is 8.70. The van der Waals surface area contributed by atoms with E-state index in [0.717, 1.165) is 24.2 Å². The Balaban J connectivity index is 1.32. The molecule has 17 heteroatoms. The first kappa shape index (κ1) is 30.1. The molecule has 13 nitrogen and oxygen atoms in total. The van der Waals surface area contributed by atoms with Crippen molar-refractivity contribution in [2.75, 3.05) is 44.8 Å². The standard InChI is InChI=1S/C26H27ClF3N9O4/c1-37-14-15(26(28,29)30)9-16(24(37)40)35-25-36-23-22(38(25)2)21(27)19(12-34-23)43-18(10-31)17-11-33-20(13-32-17)42-8-5-39-3-6-41-7-4-39/h9-14H,3-8,31H2,1-2H3,(H,34,35,36). The van der Waals surface area contributed by atoms with Crippen molar-refractivity contribution in [2.45, 2.75) is 6.18 Å². The number of aromatic nitrogens is 6. The molecule has 0 atom stereocenters. The van der Waals surface area contributed by atoms with E-state index in [-0.39, 0.29) is 39.3 Å². The van der Waals surface area contributed by atoms with E-state index in [1.54, 1.807) is 7.05 Å². The second kappa shape index (κ2) is 12.4. The first-order valence-electron chi connectivity index (χ1n) is 13.0. The molecular formula is C26H27ClF3N9O4. The van der Waals surface area contributed by atoms with Crippen molar-refractivity contribution in [1.29, 1.82) is 0 Å². The zero-order valence-corrected chi connectivity index (χ0v) is 23.8. The summed E-state index contributed by atoms with van der Waals surface area (Å²) in [4.78, 5) is 31.9. The molecule has 0 spiro atoms. The number of ether oxygens (including phenoxy) is 3. The molecule has 0 radical (unpaired) electrons. The van der Waals surface area contributed by atoms with Gasteiger partial charge in [0.25, 0.3) is 5.56 Å². The second-order valence-corrected chi connectivity index (χ2v) is 9.84. The molecule has 4 aromatic heterocycles. The van der Waals surface area contributed by atoms with Gasteiger partial charge in [-0.3, -0.25) is 9.69 Å². The number of alkyl halides is 3. The van der Waals surface area contributed by atoms with Crippen molar-refractivity contribution in [1.82, 2.24) is 34.0 Å². The van der Waals surface area contributed by atoms with E-state index in [0.29, 0.717) is 43.7 Å². The fourth-order valence-corrected chi connectivity index (χ4v) is 4.58. The number of nitrogens with zero attached hydrogens (tertiary/aromatic N) is 7. The molecule has 4 aromatic rings. The largest absolute Gasteiger partial charge is 0.475 e. The van der Waals surface area contributed by atoms with Gasteiger partial charge in [0.15, 0.2) is 17.2 Å². The lowest BCUT2D eigenvalue weighted by Crippen LogP contribution is -2.38. The van der Waals surface area contributed by atoms with Crippen LogP contribution in [0, 0.1) is 0 Å². The molecule has 5 rings (SSSR count). The predicted octanol–water partition coefficient (Wildman–Crippen LogP) is 2.92. The van der Waals surface area contributed by atoms with E-state index in [1.165, 1.54) is 36.4 Å². The van der Waals surface area contributed by atoms with Crippen LogP contribution in [-0.2, 0) is 25.0 Å². The molecule has 0 bridgehead atoms. The predicted molar refractivity (Wildman–Crippen MR) is 151 cm³/mol. The van der Waals surface area contributed by atoms with Crippen LogP contribution in [0.3, 0.4) is 0 Å². The minimum absolute atomic E-state index is 0.0302. The second-order valence-electron chi connectivity index (χ2n) is 9.46. The van der Waals surface area contributed by atoms with Crippen LogP contribution < -0.4 is 26.1 Å². The summed E-state index contributed by atoms with van der Waals surface area (Å²) in [5.41, 5.74) is 4.53. The number of halogens is 4. The highest BCUT2D eigenvalue weighted by Gasteiger charge is 2.32. The van der Waals surface area contributed by atoms with E-state index < -0.39 is 17.3 Å². The van der Waals surface area contributed by atoms with Gasteiger partial charge >= 0.3 is 6.18 Å². The minimum atomic E-state index is -4.65. The summed E-state index contributed by atoms with van der Waals surface area (Å²) in [5.74, 6) is 0.592. The van der Waals surface area contributed by atoms with Crippen LogP contribution in [0.1, 0.15) is 11.3 Å². The summed E-state index contributed by atoms with van der Waals surface area (Å²) >= 11 is 6.64. The van der Waals surface area contributed by atoms with Gasteiger partial charge in [0.1, 0.15) is 28.5 Å². The maximum Gasteiger partial charge on any atom is 0.417 e. The summed E-state index contributed by atoms with van der Waals surface area (Å²) in [6.07, 6.45) is 1.44. The molecule has 0 aliphatic carbocycles. The van der Waals surface area contributed by atoms with Crippen molar-refractivity contribution in [3.05, 3.63) is 63.7 Å². The van der Waals surface area contributed by atoms with E-state index in [9.17, 15) is 18.0 Å². The quantitative estimate of drug-likeness (QED) is 0.266. The Labute approximate surface area is 247 Å². The minimum Gasteiger partial charge on any atom is -0.475 e. The van der Waals surface area contributed by atoms with Crippen LogP contribution in [0.25, 0.3) is 16.9 Å². The van der Waals surface area contributed by atoms with Crippen molar-refractivity contribution < 1.29 is 27.4 Å². The number of rotatable bonds is 9. The van der Waals surface area contributed by atoms with Gasteiger partial charge in [0.2, 0.25) is 11.8 Å². The van der Waals surface area contributed by atoms with Gasteiger partial charge in [0, 0.05) is 46.1 Å². The number of nitrogens with one attached hydrogen (secondary N) is 1. The van der Waals surface area contributed by atoms with Crippen LogP contribution in [0.5, 0.6) is 11.6 Å². The van der Waals surface area contributed by atoms with Crippen molar-refractivity contribution >= 4 is 40.2 Å². The maximum atomic E-state index is 13.3. The summed E-state index contributed by atoms with van der Waals surface area (Å²) in [5, 5.41) is 2.74. The van der Waals surface area contributed by atoms with Crippen LogP contribution >= 0.6 is 11.6 Å². The zero-order chi connectivity index (χ0) is 30.7. The van der Waals surface area contributed by atoms with Gasteiger partial charge in [-0.15, -0.1) is 0 Å². The number of hydrogen-bond donors (Lipinski definition) is 2. The van der Waals surface area contributed by atoms with Gasteiger partial charge in [-0.05, 0) is 6.07 Å². The molecule has 1 fully saturated rings. The summed E-state index contributed by atoms with van der Waals surface area (Å²) in [7, 11) is 2.77.